The Morgan fingerprint density at radius 3 is 2.61 bits per heavy atom. The Bertz CT molecular complexity index is 579. The Labute approximate surface area is 114 Å². The van der Waals surface area contributed by atoms with Crippen molar-refractivity contribution in [2.75, 3.05) is 5.32 Å². The topological polar surface area (TPSA) is 42.0 Å². The minimum Gasteiger partial charge on any atom is -0.307 e. The summed E-state index contributed by atoms with van der Waals surface area (Å²) in [6.45, 7) is 3.93. The van der Waals surface area contributed by atoms with Gasteiger partial charge in [-0.2, -0.15) is 0 Å². The molecule has 4 heteroatoms. The number of aryl methyl sites for hydroxylation is 2. The molecule has 1 aromatic carbocycles. The summed E-state index contributed by atoms with van der Waals surface area (Å²) in [6.07, 6.45) is 1.65. The molecule has 1 N–H and O–H groups in total. The van der Waals surface area contributed by atoms with Crippen LogP contribution < -0.4 is 5.32 Å². The number of nitrogens with one attached hydrogen (secondary N) is 1. The van der Waals surface area contributed by atoms with Crippen LogP contribution in [0.4, 0.5) is 5.82 Å². The van der Waals surface area contributed by atoms with Crippen molar-refractivity contribution in [1.29, 1.82) is 0 Å². The van der Waals surface area contributed by atoms with Crippen LogP contribution in [0.5, 0.6) is 0 Å². The number of carbonyl (C=O) groups excluding carboxylic acids is 1. The molecule has 1 aromatic heterocycles. The molecule has 1 amide bonds. The molecule has 92 valence electrons. The third kappa shape index (κ3) is 2.96. The predicted octanol–water partition coefficient (Wildman–Crippen LogP) is 3.71. The molecule has 2 rings (SSSR count). The second kappa shape index (κ2) is 5.31. The van der Waals surface area contributed by atoms with Gasteiger partial charge in [0.05, 0.1) is 0 Å². The van der Waals surface area contributed by atoms with Crippen LogP contribution in [-0.2, 0) is 0 Å². The molecule has 0 aliphatic rings. The molecule has 0 atom stereocenters. The molecule has 0 bridgehead atoms. The van der Waals surface area contributed by atoms with Crippen LogP contribution in [0.15, 0.2) is 41.0 Å². The van der Waals surface area contributed by atoms with Gasteiger partial charge in [0.1, 0.15) is 5.82 Å². The number of pyridine rings is 1. The SMILES string of the molecule is Cc1ccc(C(=O)Nc2ccc(Br)cn2)c(C)c1. The number of halogens is 1. The molecule has 1 heterocycles. The van der Waals surface area contributed by atoms with Crippen LogP contribution >= 0.6 is 15.9 Å². The molecular formula is C14H13BrN2O. The van der Waals surface area contributed by atoms with Gasteiger partial charge in [0.2, 0.25) is 0 Å². The van der Waals surface area contributed by atoms with Gasteiger partial charge in [0, 0.05) is 16.2 Å². The van der Waals surface area contributed by atoms with Crippen molar-refractivity contribution in [3.8, 4) is 0 Å². The van der Waals surface area contributed by atoms with Gasteiger partial charge < -0.3 is 5.32 Å². The van der Waals surface area contributed by atoms with Crippen LogP contribution in [0, 0.1) is 13.8 Å². The number of benzene rings is 1. The smallest absolute Gasteiger partial charge is 0.257 e. The number of hydrogen-bond acceptors (Lipinski definition) is 2. The summed E-state index contributed by atoms with van der Waals surface area (Å²) in [5, 5.41) is 2.77. The van der Waals surface area contributed by atoms with Crippen LogP contribution in [0.2, 0.25) is 0 Å². The van der Waals surface area contributed by atoms with Gasteiger partial charge >= 0.3 is 0 Å². The standard InChI is InChI=1S/C14H13BrN2O/c1-9-3-5-12(10(2)7-9)14(18)17-13-6-4-11(15)8-16-13/h3-8H,1-2H3,(H,16,17,18). The molecule has 3 nitrogen and oxygen atoms in total. The van der Waals surface area contributed by atoms with Gasteiger partial charge in [-0.25, -0.2) is 4.98 Å². The summed E-state index contributed by atoms with van der Waals surface area (Å²) < 4.78 is 0.881. The largest absolute Gasteiger partial charge is 0.307 e. The minimum atomic E-state index is -0.137. The average molecular weight is 305 g/mol. The zero-order valence-corrected chi connectivity index (χ0v) is 11.8. The molecule has 0 unspecified atom stereocenters. The molecule has 18 heavy (non-hydrogen) atoms. The second-order valence-corrected chi connectivity index (χ2v) is 5.05. The number of rotatable bonds is 2. The average Bonchev–Trinajstić information content (AvgIpc) is 2.32. The lowest BCUT2D eigenvalue weighted by molar-refractivity contribution is 0.102. The highest BCUT2D eigenvalue weighted by Crippen LogP contribution is 2.14. The van der Waals surface area contributed by atoms with Crippen LogP contribution in [0.3, 0.4) is 0 Å². The molecule has 0 fully saturated rings. The van der Waals surface area contributed by atoms with Crippen LogP contribution in [0.25, 0.3) is 0 Å². The molecular weight excluding hydrogens is 292 g/mol. The third-order valence-corrected chi connectivity index (χ3v) is 3.06. The molecule has 0 saturated heterocycles. The highest BCUT2D eigenvalue weighted by molar-refractivity contribution is 9.10. The van der Waals surface area contributed by atoms with Crippen molar-refractivity contribution in [1.82, 2.24) is 4.98 Å². The number of aromatic nitrogens is 1. The molecule has 0 aliphatic carbocycles. The zero-order valence-electron chi connectivity index (χ0n) is 10.2. The van der Waals surface area contributed by atoms with E-state index in [4.69, 9.17) is 0 Å². The highest BCUT2D eigenvalue weighted by atomic mass is 79.9. The van der Waals surface area contributed by atoms with Crippen molar-refractivity contribution in [3.63, 3.8) is 0 Å². The maximum absolute atomic E-state index is 12.1. The summed E-state index contributed by atoms with van der Waals surface area (Å²) in [5.41, 5.74) is 2.78. The van der Waals surface area contributed by atoms with E-state index in [1.165, 1.54) is 0 Å². The van der Waals surface area contributed by atoms with E-state index < -0.39 is 0 Å². The van der Waals surface area contributed by atoms with Crippen molar-refractivity contribution in [2.24, 2.45) is 0 Å². The third-order valence-electron chi connectivity index (χ3n) is 2.60. The summed E-state index contributed by atoms with van der Waals surface area (Å²) in [6, 6.07) is 9.34. The predicted molar refractivity (Wildman–Crippen MR) is 75.8 cm³/mol. The van der Waals surface area contributed by atoms with E-state index in [-0.39, 0.29) is 5.91 Å². The summed E-state index contributed by atoms with van der Waals surface area (Å²) in [5.74, 6) is 0.408. The maximum atomic E-state index is 12.1. The molecule has 0 aliphatic heterocycles. The van der Waals surface area contributed by atoms with E-state index in [0.717, 1.165) is 15.6 Å². The summed E-state index contributed by atoms with van der Waals surface area (Å²) in [7, 11) is 0. The van der Waals surface area contributed by atoms with Gasteiger partial charge in [0.25, 0.3) is 5.91 Å². The van der Waals surface area contributed by atoms with Crippen LogP contribution in [-0.4, -0.2) is 10.9 Å². The lowest BCUT2D eigenvalue weighted by Gasteiger charge is -2.07. The number of nitrogens with zero attached hydrogens (tertiary/aromatic N) is 1. The first-order valence-corrected chi connectivity index (χ1v) is 6.36. The lowest BCUT2D eigenvalue weighted by Crippen LogP contribution is -2.14. The van der Waals surface area contributed by atoms with E-state index in [1.807, 2.05) is 38.1 Å². The van der Waals surface area contributed by atoms with E-state index in [9.17, 15) is 4.79 Å². The number of hydrogen-bond donors (Lipinski definition) is 1. The van der Waals surface area contributed by atoms with Gasteiger partial charge in [-0.15, -0.1) is 0 Å². The van der Waals surface area contributed by atoms with Gasteiger partial charge in [0.15, 0.2) is 0 Å². The Hall–Kier alpha value is -1.68. The zero-order chi connectivity index (χ0) is 13.1. The van der Waals surface area contributed by atoms with Crippen molar-refractivity contribution in [3.05, 3.63) is 57.7 Å². The fraction of sp³-hybridized carbons (Fsp3) is 0.143. The normalized spacial score (nSPS) is 10.2. The Kier molecular flexibility index (Phi) is 3.77. The Morgan fingerprint density at radius 1 is 1.22 bits per heavy atom. The fourth-order valence-corrected chi connectivity index (χ4v) is 1.94. The first-order chi connectivity index (χ1) is 8.56. The Morgan fingerprint density at radius 2 is 2.00 bits per heavy atom. The van der Waals surface area contributed by atoms with E-state index in [1.54, 1.807) is 12.3 Å². The maximum Gasteiger partial charge on any atom is 0.257 e. The quantitative estimate of drug-likeness (QED) is 0.919. The molecule has 0 radical (unpaired) electrons. The number of amides is 1. The first-order valence-electron chi connectivity index (χ1n) is 5.56. The minimum absolute atomic E-state index is 0.137. The Balaban J connectivity index is 2.19. The van der Waals surface area contributed by atoms with Crippen molar-refractivity contribution in [2.45, 2.75) is 13.8 Å². The van der Waals surface area contributed by atoms with Gasteiger partial charge in [-0.05, 0) is 53.5 Å². The molecule has 0 saturated carbocycles. The lowest BCUT2D eigenvalue weighted by atomic mass is 10.1. The van der Waals surface area contributed by atoms with Crippen molar-refractivity contribution < 1.29 is 4.79 Å². The van der Waals surface area contributed by atoms with Crippen molar-refractivity contribution >= 4 is 27.7 Å². The summed E-state index contributed by atoms with van der Waals surface area (Å²) >= 11 is 3.30. The molecule has 2 aromatic rings. The second-order valence-electron chi connectivity index (χ2n) is 4.13. The fourth-order valence-electron chi connectivity index (χ4n) is 1.70. The number of carbonyl (C=O) groups is 1. The highest BCUT2D eigenvalue weighted by Gasteiger charge is 2.09. The number of anilines is 1. The van der Waals surface area contributed by atoms with E-state index in [2.05, 4.69) is 26.2 Å². The first kappa shape index (κ1) is 12.8. The molecule has 0 spiro atoms. The monoisotopic (exact) mass is 304 g/mol. The van der Waals surface area contributed by atoms with E-state index in [0.29, 0.717) is 11.4 Å². The van der Waals surface area contributed by atoms with E-state index >= 15 is 0 Å². The van der Waals surface area contributed by atoms with Gasteiger partial charge in [-0.3, -0.25) is 4.79 Å². The van der Waals surface area contributed by atoms with Crippen LogP contribution in [0.1, 0.15) is 21.5 Å². The van der Waals surface area contributed by atoms with Gasteiger partial charge in [-0.1, -0.05) is 17.7 Å². The summed E-state index contributed by atoms with van der Waals surface area (Å²) in [4.78, 5) is 16.2.